The molecule has 0 saturated carbocycles. The molecule has 0 amide bonds. The lowest BCUT2D eigenvalue weighted by Crippen LogP contribution is -2.39. The number of nitrogens with zero attached hydrogens (tertiary/aromatic N) is 4. The molecule has 2 heterocycles. The van der Waals surface area contributed by atoms with E-state index >= 15 is 0 Å². The van der Waals surface area contributed by atoms with Crippen molar-refractivity contribution >= 4 is 22.4 Å². The molecule has 1 saturated heterocycles. The van der Waals surface area contributed by atoms with E-state index in [9.17, 15) is 0 Å². The first-order valence-electron chi connectivity index (χ1n) is 9.65. The van der Waals surface area contributed by atoms with Crippen LogP contribution < -0.4 is 14.5 Å². The summed E-state index contributed by atoms with van der Waals surface area (Å²) in [7, 11) is 3.73. The second-order valence-corrected chi connectivity index (χ2v) is 7.03. The molecule has 3 aromatic rings. The highest BCUT2D eigenvalue weighted by molar-refractivity contribution is 5.84. The monoisotopic (exact) mass is 378 g/mol. The lowest BCUT2D eigenvalue weighted by molar-refractivity contribution is 0.0396. The molecule has 6 heteroatoms. The van der Waals surface area contributed by atoms with Gasteiger partial charge >= 0.3 is 0 Å². The lowest BCUT2D eigenvalue weighted by atomic mass is 10.0. The topological polar surface area (TPSA) is 50.7 Å². The molecule has 0 aliphatic carbocycles. The molecule has 28 heavy (non-hydrogen) atoms. The minimum atomic E-state index is 0.0163. The first-order valence-corrected chi connectivity index (χ1v) is 9.65. The van der Waals surface area contributed by atoms with Gasteiger partial charge in [-0.3, -0.25) is 0 Å². The predicted molar refractivity (Wildman–Crippen MR) is 112 cm³/mol. The number of hydrogen-bond donors (Lipinski definition) is 0. The molecule has 146 valence electrons. The van der Waals surface area contributed by atoms with Gasteiger partial charge in [0.05, 0.1) is 13.7 Å². The SMILES string of the molecule is CCN(C)c1cc(N2CCO[C@@H](c3ccc4cc(OC)ccc4c3)C2)ncn1. The predicted octanol–water partition coefficient (Wildman–Crippen LogP) is 3.67. The molecule has 0 radical (unpaired) electrons. The Hall–Kier alpha value is -2.86. The van der Waals surface area contributed by atoms with Crippen LogP contribution >= 0.6 is 0 Å². The molecule has 4 rings (SSSR count). The third-order valence-electron chi connectivity index (χ3n) is 5.34. The van der Waals surface area contributed by atoms with Crippen LogP contribution in [0.2, 0.25) is 0 Å². The highest BCUT2D eigenvalue weighted by atomic mass is 16.5. The van der Waals surface area contributed by atoms with Crippen molar-refractivity contribution in [3.05, 3.63) is 54.4 Å². The maximum absolute atomic E-state index is 6.09. The molecule has 6 nitrogen and oxygen atoms in total. The Kier molecular flexibility index (Phi) is 5.30. The quantitative estimate of drug-likeness (QED) is 0.675. The molecule has 2 aromatic carbocycles. The van der Waals surface area contributed by atoms with Gasteiger partial charge in [-0.05, 0) is 41.5 Å². The summed E-state index contributed by atoms with van der Waals surface area (Å²) >= 11 is 0. The van der Waals surface area contributed by atoms with Gasteiger partial charge in [-0.2, -0.15) is 0 Å². The summed E-state index contributed by atoms with van der Waals surface area (Å²) in [6, 6.07) is 14.7. The van der Waals surface area contributed by atoms with Crippen LogP contribution in [-0.4, -0.2) is 50.4 Å². The summed E-state index contributed by atoms with van der Waals surface area (Å²) in [5.41, 5.74) is 1.18. The normalized spacial score (nSPS) is 17.0. The van der Waals surface area contributed by atoms with Crippen LogP contribution in [-0.2, 0) is 4.74 Å². The number of anilines is 2. The van der Waals surface area contributed by atoms with Crippen LogP contribution in [0.5, 0.6) is 5.75 Å². The van der Waals surface area contributed by atoms with E-state index < -0.39 is 0 Å². The van der Waals surface area contributed by atoms with E-state index in [1.54, 1.807) is 13.4 Å². The zero-order valence-corrected chi connectivity index (χ0v) is 16.6. The maximum Gasteiger partial charge on any atom is 0.134 e. The van der Waals surface area contributed by atoms with E-state index in [1.165, 1.54) is 16.3 Å². The van der Waals surface area contributed by atoms with Crippen molar-refractivity contribution in [1.82, 2.24) is 9.97 Å². The van der Waals surface area contributed by atoms with E-state index in [-0.39, 0.29) is 6.10 Å². The van der Waals surface area contributed by atoms with Gasteiger partial charge < -0.3 is 19.3 Å². The maximum atomic E-state index is 6.09. The van der Waals surface area contributed by atoms with Crippen molar-refractivity contribution in [2.24, 2.45) is 0 Å². The molecule has 1 aliphatic rings. The van der Waals surface area contributed by atoms with Crippen molar-refractivity contribution in [3.63, 3.8) is 0 Å². The van der Waals surface area contributed by atoms with Gasteiger partial charge in [0.1, 0.15) is 29.8 Å². The van der Waals surface area contributed by atoms with Gasteiger partial charge in [-0.15, -0.1) is 0 Å². The Morgan fingerprint density at radius 1 is 1.14 bits per heavy atom. The molecule has 1 aromatic heterocycles. The number of aromatic nitrogens is 2. The summed E-state index contributed by atoms with van der Waals surface area (Å²) < 4.78 is 11.4. The van der Waals surface area contributed by atoms with Crippen LogP contribution in [0.15, 0.2) is 48.8 Å². The Morgan fingerprint density at radius 3 is 2.79 bits per heavy atom. The molecule has 0 spiro atoms. The third-order valence-corrected chi connectivity index (χ3v) is 5.34. The van der Waals surface area contributed by atoms with E-state index in [2.05, 4.69) is 63.1 Å². The summed E-state index contributed by atoms with van der Waals surface area (Å²) in [5, 5.41) is 2.35. The van der Waals surface area contributed by atoms with Gasteiger partial charge in [0, 0.05) is 32.7 Å². The Labute approximate surface area is 165 Å². The van der Waals surface area contributed by atoms with Crippen LogP contribution in [0.3, 0.4) is 0 Å². The van der Waals surface area contributed by atoms with Gasteiger partial charge in [0.15, 0.2) is 0 Å². The minimum Gasteiger partial charge on any atom is -0.497 e. The Bertz CT molecular complexity index is 962. The molecule has 1 fully saturated rings. The van der Waals surface area contributed by atoms with Crippen LogP contribution in [0.1, 0.15) is 18.6 Å². The van der Waals surface area contributed by atoms with Crippen LogP contribution in [0.4, 0.5) is 11.6 Å². The number of benzene rings is 2. The van der Waals surface area contributed by atoms with Gasteiger partial charge in [0.25, 0.3) is 0 Å². The third kappa shape index (κ3) is 3.73. The van der Waals surface area contributed by atoms with Crippen molar-refractivity contribution in [3.8, 4) is 5.75 Å². The highest BCUT2D eigenvalue weighted by Crippen LogP contribution is 2.29. The largest absolute Gasteiger partial charge is 0.497 e. The van der Waals surface area contributed by atoms with E-state index in [1.807, 2.05) is 13.1 Å². The summed E-state index contributed by atoms with van der Waals surface area (Å²) in [5.74, 6) is 2.76. The van der Waals surface area contributed by atoms with E-state index in [0.717, 1.165) is 37.0 Å². The molecule has 0 N–H and O–H groups in total. The Balaban J connectivity index is 1.56. The average Bonchev–Trinajstić information content (AvgIpc) is 2.78. The molecule has 0 unspecified atom stereocenters. The second kappa shape index (κ2) is 8.02. The molecular weight excluding hydrogens is 352 g/mol. The fraction of sp³-hybridized carbons (Fsp3) is 0.364. The molecule has 1 atom stereocenters. The number of fused-ring (bicyclic) bond motifs is 1. The van der Waals surface area contributed by atoms with E-state index in [0.29, 0.717) is 6.61 Å². The molecule has 1 aliphatic heterocycles. The van der Waals surface area contributed by atoms with Crippen molar-refractivity contribution in [2.75, 3.05) is 50.2 Å². The first-order chi connectivity index (χ1) is 13.7. The van der Waals surface area contributed by atoms with E-state index in [4.69, 9.17) is 9.47 Å². The lowest BCUT2D eigenvalue weighted by Gasteiger charge is -2.34. The van der Waals surface area contributed by atoms with Crippen molar-refractivity contribution in [2.45, 2.75) is 13.0 Å². The second-order valence-electron chi connectivity index (χ2n) is 7.03. The van der Waals surface area contributed by atoms with Crippen molar-refractivity contribution < 1.29 is 9.47 Å². The fourth-order valence-electron chi connectivity index (χ4n) is 3.51. The number of hydrogen-bond acceptors (Lipinski definition) is 6. The zero-order valence-electron chi connectivity index (χ0n) is 16.6. The summed E-state index contributed by atoms with van der Waals surface area (Å²) in [6.07, 6.45) is 1.66. The number of morpholine rings is 1. The highest BCUT2D eigenvalue weighted by Gasteiger charge is 2.23. The van der Waals surface area contributed by atoms with Gasteiger partial charge in [-0.1, -0.05) is 18.2 Å². The number of methoxy groups -OCH3 is 1. The average molecular weight is 378 g/mol. The number of rotatable bonds is 5. The smallest absolute Gasteiger partial charge is 0.134 e. The zero-order chi connectivity index (χ0) is 19.5. The molecular formula is C22H26N4O2. The minimum absolute atomic E-state index is 0.0163. The Morgan fingerprint density at radius 2 is 1.96 bits per heavy atom. The summed E-state index contributed by atoms with van der Waals surface area (Å²) in [4.78, 5) is 13.3. The van der Waals surface area contributed by atoms with Crippen LogP contribution in [0.25, 0.3) is 10.8 Å². The van der Waals surface area contributed by atoms with Gasteiger partial charge in [0.2, 0.25) is 0 Å². The standard InChI is InChI=1S/C22H26N4O2/c1-4-25(2)21-13-22(24-15-23-21)26-9-10-28-20(14-26)18-6-5-17-12-19(27-3)8-7-16(17)11-18/h5-8,11-13,15,20H,4,9-10,14H2,1-3H3/t20-/m1/s1. The molecule has 0 bridgehead atoms. The number of ether oxygens (including phenoxy) is 2. The van der Waals surface area contributed by atoms with Crippen molar-refractivity contribution in [1.29, 1.82) is 0 Å². The fourth-order valence-corrected chi connectivity index (χ4v) is 3.51. The first kappa shape index (κ1) is 18.5. The van der Waals surface area contributed by atoms with Crippen LogP contribution in [0, 0.1) is 0 Å². The van der Waals surface area contributed by atoms with Gasteiger partial charge in [-0.25, -0.2) is 9.97 Å². The summed E-state index contributed by atoms with van der Waals surface area (Å²) in [6.45, 7) is 5.29.